The predicted molar refractivity (Wildman–Crippen MR) is 74.6 cm³/mol. The quantitative estimate of drug-likeness (QED) is 0.844. The van der Waals surface area contributed by atoms with Crippen molar-refractivity contribution in [2.45, 2.75) is 18.5 Å². The van der Waals surface area contributed by atoms with Crippen molar-refractivity contribution >= 4 is 33.0 Å². The predicted octanol–water partition coefficient (Wildman–Crippen LogP) is 1.94. The Bertz CT molecular complexity index is 696. The Labute approximate surface area is 116 Å². The maximum absolute atomic E-state index is 12.1. The molecule has 0 fully saturated rings. The number of anilines is 2. The number of rotatable bonds is 4. The first-order valence-electron chi connectivity index (χ1n) is 5.52. The fourth-order valence-corrected chi connectivity index (χ4v) is 2.67. The summed E-state index contributed by atoms with van der Waals surface area (Å²) in [6.07, 6.45) is 2.90. The maximum atomic E-state index is 12.1. The molecule has 0 saturated carbocycles. The SMILES string of the molecule is CCn1cnc(S(=O)(=O)Nc2cc(Cl)ccc2N)c1. The summed E-state index contributed by atoms with van der Waals surface area (Å²) in [6.45, 7) is 2.53. The summed E-state index contributed by atoms with van der Waals surface area (Å²) in [4.78, 5) is 3.85. The van der Waals surface area contributed by atoms with Gasteiger partial charge in [-0.25, -0.2) is 4.98 Å². The van der Waals surface area contributed by atoms with E-state index < -0.39 is 10.0 Å². The van der Waals surface area contributed by atoms with Gasteiger partial charge in [-0.1, -0.05) is 11.6 Å². The third kappa shape index (κ3) is 2.99. The van der Waals surface area contributed by atoms with E-state index >= 15 is 0 Å². The molecule has 102 valence electrons. The molecule has 19 heavy (non-hydrogen) atoms. The van der Waals surface area contributed by atoms with Crippen molar-refractivity contribution in [2.24, 2.45) is 0 Å². The number of nitrogens with zero attached hydrogens (tertiary/aromatic N) is 2. The molecule has 0 bridgehead atoms. The number of nitrogens with two attached hydrogens (primary N) is 1. The summed E-state index contributed by atoms with van der Waals surface area (Å²) in [5.41, 5.74) is 6.22. The summed E-state index contributed by atoms with van der Waals surface area (Å²) >= 11 is 5.81. The lowest BCUT2D eigenvalue weighted by molar-refractivity contribution is 0.598. The van der Waals surface area contributed by atoms with Crippen LogP contribution in [0, 0.1) is 0 Å². The Morgan fingerprint density at radius 1 is 1.47 bits per heavy atom. The molecule has 2 rings (SSSR count). The molecule has 2 aromatic rings. The lowest BCUT2D eigenvalue weighted by Crippen LogP contribution is -2.14. The first-order valence-corrected chi connectivity index (χ1v) is 7.38. The minimum atomic E-state index is -3.76. The van der Waals surface area contributed by atoms with E-state index in [1.165, 1.54) is 24.7 Å². The van der Waals surface area contributed by atoms with Crippen LogP contribution in [0.3, 0.4) is 0 Å². The average Bonchev–Trinajstić information content (AvgIpc) is 2.83. The van der Waals surface area contributed by atoms with Gasteiger partial charge >= 0.3 is 0 Å². The highest BCUT2D eigenvalue weighted by molar-refractivity contribution is 7.92. The van der Waals surface area contributed by atoms with Crippen LogP contribution in [0.15, 0.2) is 35.7 Å². The van der Waals surface area contributed by atoms with Gasteiger partial charge in [0.2, 0.25) is 0 Å². The molecule has 6 nitrogen and oxygen atoms in total. The second-order valence-corrected chi connectivity index (χ2v) is 5.95. The molecule has 1 heterocycles. The number of halogens is 1. The third-order valence-corrected chi connectivity index (χ3v) is 3.99. The zero-order chi connectivity index (χ0) is 14.0. The number of aromatic nitrogens is 2. The van der Waals surface area contributed by atoms with Crippen LogP contribution >= 0.6 is 11.6 Å². The van der Waals surface area contributed by atoms with Crippen molar-refractivity contribution in [1.82, 2.24) is 9.55 Å². The normalized spacial score (nSPS) is 11.5. The van der Waals surface area contributed by atoms with Gasteiger partial charge in [0.1, 0.15) is 0 Å². The molecule has 1 aromatic carbocycles. The van der Waals surface area contributed by atoms with Crippen molar-refractivity contribution in [3.8, 4) is 0 Å². The number of imidazole rings is 1. The highest BCUT2D eigenvalue weighted by Gasteiger charge is 2.18. The molecule has 3 N–H and O–H groups in total. The van der Waals surface area contributed by atoms with Crippen LogP contribution in [-0.4, -0.2) is 18.0 Å². The maximum Gasteiger partial charge on any atom is 0.281 e. The van der Waals surface area contributed by atoms with Crippen LogP contribution in [0.5, 0.6) is 0 Å². The van der Waals surface area contributed by atoms with Gasteiger partial charge in [0.25, 0.3) is 10.0 Å². The van der Waals surface area contributed by atoms with Crippen molar-refractivity contribution in [1.29, 1.82) is 0 Å². The van der Waals surface area contributed by atoms with Crippen LogP contribution in [0.4, 0.5) is 11.4 Å². The van der Waals surface area contributed by atoms with E-state index in [-0.39, 0.29) is 10.7 Å². The van der Waals surface area contributed by atoms with E-state index in [0.29, 0.717) is 17.3 Å². The molecule has 0 unspecified atom stereocenters. The summed E-state index contributed by atoms with van der Waals surface area (Å²) in [5, 5.41) is 0.333. The molecule has 1 aromatic heterocycles. The fraction of sp³-hybridized carbons (Fsp3) is 0.182. The monoisotopic (exact) mass is 300 g/mol. The summed E-state index contributed by atoms with van der Waals surface area (Å²) in [7, 11) is -3.76. The molecule has 0 aliphatic carbocycles. The van der Waals surface area contributed by atoms with Gasteiger partial charge in [-0.2, -0.15) is 8.42 Å². The summed E-state index contributed by atoms with van der Waals surface area (Å²) < 4.78 is 28.2. The second kappa shape index (κ2) is 5.10. The molecule has 0 aliphatic heterocycles. The van der Waals surface area contributed by atoms with E-state index in [2.05, 4.69) is 9.71 Å². The van der Waals surface area contributed by atoms with Crippen LogP contribution < -0.4 is 10.5 Å². The van der Waals surface area contributed by atoms with E-state index in [1.807, 2.05) is 6.92 Å². The third-order valence-electron chi connectivity index (χ3n) is 2.51. The lowest BCUT2D eigenvalue weighted by atomic mass is 10.3. The fourth-order valence-electron chi connectivity index (χ4n) is 1.47. The van der Waals surface area contributed by atoms with Gasteiger partial charge in [-0.15, -0.1) is 0 Å². The van der Waals surface area contributed by atoms with Gasteiger partial charge in [-0.3, -0.25) is 4.72 Å². The molecule has 0 aliphatic rings. The molecule has 0 spiro atoms. The first-order chi connectivity index (χ1) is 8.92. The topological polar surface area (TPSA) is 90.0 Å². The molecule has 8 heteroatoms. The van der Waals surface area contributed by atoms with Crippen molar-refractivity contribution in [2.75, 3.05) is 10.5 Å². The number of benzene rings is 1. The van der Waals surface area contributed by atoms with E-state index in [4.69, 9.17) is 17.3 Å². The van der Waals surface area contributed by atoms with E-state index in [9.17, 15) is 8.42 Å². The van der Waals surface area contributed by atoms with Crippen LogP contribution in [0.2, 0.25) is 5.02 Å². The average molecular weight is 301 g/mol. The molecular weight excluding hydrogens is 288 g/mol. The molecule has 0 amide bonds. The van der Waals surface area contributed by atoms with Crippen molar-refractivity contribution in [3.63, 3.8) is 0 Å². The Morgan fingerprint density at radius 2 is 2.21 bits per heavy atom. The van der Waals surface area contributed by atoms with Gasteiger partial charge in [0, 0.05) is 17.8 Å². The van der Waals surface area contributed by atoms with E-state index in [1.54, 1.807) is 10.6 Å². The van der Waals surface area contributed by atoms with E-state index in [0.717, 1.165) is 0 Å². The van der Waals surface area contributed by atoms with Crippen LogP contribution in [0.25, 0.3) is 0 Å². The van der Waals surface area contributed by atoms with Crippen molar-refractivity contribution < 1.29 is 8.42 Å². The largest absolute Gasteiger partial charge is 0.397 e. The molecule has 0 radical (unpaired) electrons. The minimum absolute atomic E-state index is 0.0614. The number of hydrogen-bond acceptors (Lipinski definition) is 4. The van der Waals surface area contributed by atoms with Gasteiger partial charge in [0.05, 0.1) is 17.7 Å². The Morgan fingerprint density at radius 3 is 2.84 bits per heavy atom. The Kier molecular flexibility index (Phi) is 3.68. The standard InChI is InChI=1S/C11H13ClN4O2S/c1-2-16-6-11(14-7-16)19(17,18)15-10-5-8(12)3-4-9(10)13/h3-7,15H,2,13H2,1H3. The second-order valence-electron chi connectivity index (χ2n) is 3.88. The first kappa shape index (κ1) is 13.7. The number of nitrogen functional groups attached to an aromatic ring is 1. The summed E-state index contributed by atoms with van der Waals surface area (Å²) in [6, 6.07) is 4.57. The van der Waals surface area contributed by atoms with Crippen LogP contribution in [0.1, 0.15) is 6.92 Å². The smallest absolute Gasteiger partial charge is 0.281 e. The molecular formula is C11H13ClN4O2S. The number of nitrogens with one attached hydrogen (secondary N) is 1. The Balaban J connectivity index is 2.33. The van der Waals surface area contributed by atoms with Crippen LogP contribution in [-0.2, 0) is 16.6 Å². The molecule has 0 saturated heterocycles. The summed E-state index contributed by atoms with van der Waals surface area (Å²) in [5.74, 6) is 0. The number of aryl methyl sites for hydroxylation is 1. The number of sulfonamides is 1. The Hall–Kier alpha value is -1.73. The zero-order valence-electron chi connectivity index (χ0n) is 10.2. The van der Waals surface area contributed by atoms with Crippen molar-refractivity contribution in [3.05, 3.63) is 35.7 Å². The van der Waals surface area contributed by atoms with Gasteiger partial charge in [-0.05, 0) is 25.1 Å². The van der Waals surface area contributed by atoms with Gasteiger partial charge < -0.3 is 10.3 Å². The minimum Gasteiger partial charge on any atom is -0.397 e. The molecule has 0 atom stereocenters. The number of hydrogen-bond donors (Lipinski definition) is 2. The lowest BCUT2D eigenvalue weighted by Gasteiger charge is -2.08. The highest BCUT2D eigenvalue weighted by Crippen LogP contribution is 2.25. The zero-order valence-corrected chi connectivity index (χ0v) is 11.7. The van der Waals surface area contributed by atoms with Gasteiger partial charge in [0.15, 0.2) is 5.03 Å². The highest BCUT2D eigenvalue weighted by atomic mass is 35.5.